The number of fused-ring (bicyclic) bond motifs is 1. The van der Waals surface area contributed by atoms with Crippen LogP contribution < -0.4 is 14.8 Å². The fourth-order valence-corrected chi connectivity index (χ4v) is 4.34. The van der Waals surface area contributed by atoms with Crippen molar-refractivity contribution in [3.63, 3.8) is 0 Å². The van der Waals surface area contributed by atoms with Gasteiger partial charge in [-0.25, -0.2) is 4.68 Å². The summed E-state index contributed by atoms with van der Waals surface area (Å²) in [6, 6.07) is 2.32. The maximum Gasteiger partial charge on any atom is 0.410 e. The Morgan fingerprint density at radius 1 is 1.26 bits per heavy atom. The van der Waals surface area contributed by atoms with E-state index < -0.39 is 24.2 Å². The molecule has 3 aromatic rings. The van der Waals surface area contributed by atoms with E-state index in [2.05, 4.69) is 15.5 Å². The Hall–Kier alpha value is -3.70. The molecule has 9 nitrogen and oxygen atoms in total. The van der Waals surface area contributed by atoms with Crippen LogP contribution in [0.25, 0.3) is 0 Å². The topological polar surface area (TPSA) is 86.4 Å². The van der Waals surface area contributed by atoms with E-state index in [1.165, 1.54) is 25.3 Å². The molecule has 0 saturated carbocycles. The van der Waals surface area contributed by atoms with Gasteiger partial charge in [-0.2, -0.15) is 23.4 Å². The van der Waals surface area contributed by atoms with Gasteiger partial charge in [0.25, 0.3) is 5.91 Å². The number of carbonyl (C=O) groups is 1. The van der Waals surface area contributed by atoms with Crippen LogP contribution in [0.3, 0.4) is 0 Å². The quantitative estimate of drug-likeness (QED) is 0.562. The zero-order valence-corrected chi connectivity index (χ0v) is 20.1. The van der Waals surface area contributed by atoms with E-state index in [1.807, 2.05) is 6.92 Å². The highest BCUT2D eigenvalue weighted by Crippen LogP contribution is 2.45. The molecule has 1 aliphatic rings. The van der Waals surface area contributed by atoms with Crippen molar-refractivity contribution in [3.05, 3.63) is 53.0 Å². The Morgan fingerprint density at radius 2 is 1.97 bits per heavy atom. The molecule has 188 valence electrons. The Balaban J connectivity index is 1.68. The molecule has 0 saturated heterocycles. The first-order chi connectivity index (χ1) is 16.5. The van der Waals surface area contributed by atoms with Crippen molar-refractivity contribution < 1.29 is 27.4 Å². The van der Waals surface area contributed by atoms with Crippen molar-refractivity contribution in [2.75, 3.05) is 26.6 Å². The van der Waals surface area contributed by atoms with Crippen molar-refractivity contribution in [3.8, 4) is 11.5 Å². The average Bonchev–Trinajstić information content (AvgIpc) is 3.38. The van der Waals surface area contributed by atoms with Crippen molar-refractivity contribution in [2.24, 2.45) is 7.05 Å². The predicted molar refractivity (Wildman–Crippen MR) is 122 cm³/mol. The van der Waals surface area contributed by atoms with Crippen LogP contribution in [0.1, 0.15) is 45.7 Å². The number of hydrogen-bond acceptors (Lipinski definition) is 6. The molecule has 0 fully saturated rings. The van der Waals surface area contributed by atoms with Gasteiger partial charge in [0.05, 0.1) is 32.2 Å². The van der Waals surface area contributed by atoms with Crippen LogP contribution in [-0.4, -0.2) is 57.8 Å². The van der Waals surface area contributed by atoms with Gasteiger partial charge in [0, 0.05) is 38.8 Å². The smallest absolute Gasteiger partial charge is 0.410 e. The lowest BCUT2D eigenvalue weighted by Gasteiger charge is -2.34. The zero-order chi connectivity index (χ0) is 25.5. The van der Waals surface area contributed by atoms with E-state index >= 15 is 0 Å². The summed E-state index contributed by atoms with van der Waals surface area (Å²) in [5.74, 6) is 0.444. The normalized spacial score (nSPS) is 17.5. The number of ether oxygens (including phenoxy) is 2. The van der Waals surface area contributed by atoms with Gasteiger partial charge in [0.1, 0.15) is 11.4 Å². The molecular formula is C23H27F3N6O3. The second kappa shape index (κ2) is 9.16. The van der Waals surface area contributed by atoms with E-state index in [0.717, 1.165) is 15.9 Å². The number of anilines is 1. The molecule has 2 aromatic heterocycles. The van der Waals surface area contributed by atoms with Crippen LogP contribution in [0, 0.1) is 6.92 Å². The number of aryl methyl sites for hydroxylation is 2. The van der Waals surface area contributed by atoms with Gasteiger partial charge in [-0.15, -0.1) is 0 Å². The molecule has 35 heavy (non-hydrogen) atoms. The van der Waals surface area contributed by atoms with Gasteiger partial charge in [0.15, 0.2) is 17.5 Å². The summed E-state index contributed by atoms with van der Waals surface area (Å²) in [5.41, 5.74) is 2.25. The highest BCUT2D eigenvalue weighted by molar-refractivity contribution is 5.98. The van der Waals surface area contributed by atoms with Crippen LogP contribution in [0.4, 0.5) is 19.0 Å². The third kappa shape index (κ3) is 4.64. The summed E-state index contributed by atoms with van der Waals surface area (Å²) in [6.45, 7) is 2.09. The second-order valence-corrected chi connectivity index (χ2v) is 8.53. The number of hydrogen-bond donors (Lipinski definition) is 1. The molecule has 0 spiro atoms. The molecule has 3 heterocycles. The summed E-state index contributed by atoms with van der Waals surface area (Å²) in [5, 5.41) is 11.3. The van der Waals surface area contributed by atoms with Crippen LogP contribution in [0.5, 0.6) is 11.5 Å². The highest BCUT2D eigenvalue weighted by Gasteiger charge is 2.47. The third-order valence-corrected chi connectivity index (χ3v) is 6.15. The molecule has 0 aliphatic carbocycles. The van der Waals surface area contributed by atoms with Gasteiger partial charge >= 0.3 is 6.18 Å². The predicted octanol–water partition coefficient (Wildman–Crippen LogP) is 3.87. The Kier molecular flexibility index (Phi) is 6.39. The first-order valence-electron chi connectivity index (χ1n) is 10.9. The van der Waals surface area contributed by atoms with E-state index in [-0.39, 0.29) is 24.3 Å². The van der Waals surface area contributed by atoms with Crippen molar-refractivity contribution >= 4 is 11.7 Å². The average molecular weight is 493 g/mol. The second-order valence-electron chi connectivity index (χ2n) is 8.53. The monoisotopic (exact) mass is 492 g/mol. The van der Waals surface area contributed by atoms with Gasteiger partial charge in [-0.3, -0.25) is 9.48 Å². The van der Waals surface area contributed by atoms with Gasteiger partial charge in [0.2, 0.25) is 0 Å². The van der Waals surface area contributed by atoms with Crippen molar-refractivity contribution in [2.45, 2.75) is 38.1 Å². The van der Waals surface area contributed by atoms with E-state index in [1.54, 1.807) is 43.2 Å². The van der Waals surface area contributed by atoms with Crippen LogP contribution in [0.2, 0.25) is 0 Å². The molecule has 1 N–H and O–H groups in total. The minimum Gasteiger partial charge on any atom is -0.493 e. The number of amides is 1. The number of methoxy groups -OCH3 is 2. The number of nitrogens with zero attached hydrogens (tertiary/aromatic N) is 5. The standard InChI is InChI=1S/C23H27F3N6O3/c1-13-15(12-31(3)29-13)11-30(2)22(33)16-10-27-32-20(23(24,25)26)9-17(28-21(16)32)14-6-7-18(34-4)19(8-14)35-5/h6-8,10,12,17,20,28H,9,11H2,1-5H3/t17-,20-/m0/s1. The van der Waals surface area contributed by atoms with E-state index in [9.17, 15) is 18.0 Å². The first-order valence-corrected chi connectivity index (χ1v) is 10.9. The lowest BCUT2D eigenvalue weighted by Crippen LogP contribution is -2.36. The molecule has 0 bridgehead atoms. The lowest BCUT2D eigenvalue weighted by atomic mass is 9.96. The Bertz CT molecular complexity index is 1240. The summed E-state index contributed by atoms with van der Waals surface area (Å²) < 4.78 is 55.2. The molecule has 1 aliphatic heterocycles. The zero-order valence-electron chi connectivity index (χ0n) is 20.1. The minimum atomic E-state index is -4.56. The minimum absolute atomic E-state index is 0.0260. The molecule has 0 unspecified atom stereocenters. The van der Waals surface area contributed by atoms with E-state index in [4.69, 9.17) is 9.47 Å². The number of rotatable bonds is 6. The fraction of sp³-hybridized carbons (Fsp3) is 0.435. The number of nitrogens with one attached hydrogen (secondary N) is 1. The maximum atomic E-state index is 14.0. The lowest BCUT2D eigenvalue weighted by molar-refractivity contribution is -0.173. The third-order valence-electron chi connectivity index (χ3n) is 6.15. The molecular weight excluding hydrogens is 465 g/mol. The highest BCUT2D eigenvalue weighted by atomic mass is 19.4. The number of carbonyl (C=O) groups excluding carboxylic acids is 1. The summed E-state index contributed by atoms with van der Waals surface area (Å²) in [7, 11) is 6.31. The summed E-state index contributed by atoms with van der Waals surface area (Å²) >= 11 is 0. The first kappa shape index (κ1) is 24.4. The van der Waals surface area contributed by atoms with Crippen molar-refractivity contribution in [1.82, 2.24) is 24.5 Å². The molecule has 1 amide bonds. The van der Waals surface area contributed by atoms with E-state index in [0.29, 0.717) is 17.1 Å². The number of alkyl halides is 3. The molecule has 12 heteroatoms. The Morgan fingerprint density at radius 3 is 2.57 bits per heavy atom. The fourth-order valence-electron chi connectivity index (χ4n) is 4.34. The van der Waals surface area contributed by atoms with Crippen LogP contribution >= 0.6 is 0 Å². The Labute approximate surface area is 200 Å². The number of halogens is 3. The summed E-state index contributed by atoms with van der Waals surface area (Å²) in [4.78, 5) is 14.7. The van der Waals surface area contributed by atoms with Crippen LogP contribution in [0.15, 0.2) is 30.6 Å². The van der Waals surface area contributed by atoms with Gasteiger partial charge < -0.3 is 19.7 Å². The molecule has 2 atom stereocenters. The molecule has 4 rings (SSSR count). The molecule has 1 aromatic carbocycles. The maximum absolute atomic E-state index is 14.0. The van der Waals surface area contributed by atoms with Crippen LogP contribution in [-0.2, 0) is 13.6 Å². The number of benzene rings is 1. The summed E-state index contributed by atoms with van der Waals surface area (Å²) in [6.07, 6.45) is -1.87. The van der Waals surface area contributed by atoms with Crippen molar-refractivity contribution in [1.29, 1.82) is 0 Å². The van der Waals surface area contributed by atoms with Gasteiger partial charge in [-0.05, 0) is 24.6 Å². The molecule has 0 radical (unpaired) electrons. The van der Waals surface area contributed by atoms with Gasteiger partial charge in [-0.1, -0.05) is 6.07 Å². The number of aromatic nitrogens is 4. The SMILES string of the molecule is COc1ccc([C@@H]2C[C@@H](C(F)(F)F)n3ncc(C(=O)N(C)Cc4cn(C)nc4C)c3N2)cc1OC. The largest absolute Gasteiger partial charge is 0.493 e.